The zero-order valence-electron chi connectivity index (χ0n) is 3.87. The Morgan fingerprint density at radius 1 is 1.57 bits per heavy atom. The molecule has 0 atom stereocenters. The Bertz CT molecular complexity index is 50.9. The Kier molecular flexibility index (Phi) is 5.04. The summed E-state index contributed by atoms with van der Waals surface area (Å²) in [6.07, 6.45) is 2.93. The second-order valence-electron chi connectivity index (χ2n) is 1.01. The molecule has 0 amide bonds. The van der Waals surface area contributed by atoms with E-state index in [1.165, 1.54) is 6.08 Å². The molecule has 0 aromatic heterocycles. The van der Waals surface area contributed by atoms with Gasteiger partial charge in [-0.05, 0) is 12.5 Å². The van der Waals surface area contributed by atoms with Crippen LogP contribution in [0.4, 0.5) is 0 Å². The van der Waals surface area contributed by atoms with Crippen LogP contribution in [-0.4, -0.2) is 17.0 Å². The van der Waals surface area contributed by atoms with Crippen molar-refractivity contribution in [2.24, 2.45) is 0 Å². The zero-order valence-corrected chi connectivity index (χ0v) is 3.87. The molecule has 0 heterocycles. The molecule has 0 aliphatic carbocycles. The van der Waals surface area contributed by atoms with Gasteiger partial charge in [-0.15, -0.1) is 0 Å². The standard InChI is InChI=1S/C4H8O3/c5-3-1-2-4-7-6/h1,3,5-6H,2,4H2. The molecule has 0 aromatic carbocycles. The quantitative estimate of drug-likeness (QED) is 0.242. The van der Waals surface area contributed by atoms with E-state index in [0.717, 1.165) is 6.26 Å². The van der Waals surface area contributed by atoms with Gasteiger partial charge in [-0.3, -0.25) is 5.26 Å². The number of rotatable bonds is 3. The van der Waals surface area contributed by atoms with Gasteiger partial charge in [-0.2, -0.15) is 0 Å². The largest absolute Gasteiger partial charge is 0.516 e. The van der Waals surface area contributed by atoms with Crippen LogP contribution in [0.2, 0.25) is 0 Å². The van der Waals surface area contributed by atoms with Gasteiger partial charge in [-0.1, -0.05) is 0 Å². The Labute approximate surface area is 41.8 Å². The highest BCUT2D eigenvalue weighted by atomic mass is 17.1. The molecule has 0 aromatic rings. The third-order valence-electron chi connectivity index (χ3n) is 0.481. The van der Waals surface area contributed by atoms with Crippen molar-refractivity contribution >= 4 is 0 Å². The number of hydrogen-bond donors (Lipinski definition) is 2. The van der Waals surface area contributed by atoms with Gasteiger partial charge in [0.15, 0.2) is 0 Å². The lowest BCUT2D eigenvalue weighted by Gasteiger charge is -1.84. The first-order valence-electron chi connectivity index (χ1n) is 1.97. The van der Waals surface area contributed by atoms with Gasteiger partial charge in [0.25, 0.3) is 0 Å². The molecule has 0 saturated heterocycles. The molecule has 0 saturated carbocycles. The Hall–Kier alpha value is -0.540. The maximum atomic E-state index is 7.98. The van der Waals surface area contributed by atoms with Crippen molar-refractivity contribution in [1.29, 1.82) is 0 Å². The van der Waals surface area contributed by atoms with Crippen LogP contribution in [0.15, 0.2) is 12.3 Å². The van der Waals surface area contributed by atoms with Gasteiger partial charge in [0, 0.05) is 0 Å². The van der Waals surface area contributed by atoms with Gasteiger partial charge in [0.1, 0.15) is 0 Å². The predicted octanol–water partition coefficient (Wildman–Crippen LogP) is 0.938. The third-order valence-corrected chi connectivity index (χ3v) is 0.481. The van der Waals surface area contributed by atoms with Gasteiger partial charge in [-0.25, -0.2) is 4.89 Å². The maximum absolute atomic E-state index is 7.98. The Morgan fingerprint density at radius 3 is 2.71 bits per heavy atom. The molecule has 42 valence electrons. The highest BCUT2D eigenvalue weighted by Gasteiger charge is 1.74. The van der Waals surface area contributed by atoms with Crippen molar-refractivity contribution in [3.63, 3.8) is 0 Å². The molecule has 0 spiro atoms. The fourth-order valence-electron chi connectivity index (χ4n) is 0.195. The average molecular weight is 104 g/mol. The minimum absolute atomic E-state index is 0.233. The SMILES string of the molecule is OC=CCCOO. The summed E-state index contributed by atoms with van der Waals surface area (Å²) in [6.45, 7) is 0.233. The first kappa shape index (κ1) is 6.46. The first-order chi connectivity index (χ1) is 3.41. The topological polar surface area (TPSA) is 49.7 Å². The summed E-state index contributed by atoms with van der Waals surface area (Å²) in [5.41, 5.74) is 0. The fourth-order valence-corrected chi connectivity index (χ4v) is 0.195. The van der Waals surface area contributed by atoms with E-state index in [1.54, 1.807) is 0 Å². The molecule has 0 fully saturated rings. The summed E-state index contributed by atoms with van der Waals surface area (Å²) in [4.78, 5) is 3.68. The van der Waals surface area contributed by atoms with E-state index >= 15 is 0 Å². The number of aliphatic hydroxyl groups excluding tert-OH is 1. The highest BCUT2D eigenvalue weighted by molar-refractivity contribution is 4.69. The summed E-state index contributed by atoms with van der Waals surface area (Å²) in [6, 6.07) is 0. The molecule has 0 radical (unpaired) electrons. The van der Waals surface area contributed by atoms with Crippen LogP contribution in [0.25, 0.3) is 0 Å². The second kappa shape index (κ2) is 5.46. The molecule has 3 nitrogen and oxygen atoms in total. The Morgan fingerprint density at radius 2 is 2.29 bits per heavy atom. The lowest BCUT2D eigenvalue weighted by molar-refractivity contribution is -0.240. The smallest absolute Gasteiger partial charge is 0.0855 e. The van der Waals surface area contributed by atoms with Crippen molar-refractivity contribution in [1.82, 2.24) is 0 Å². The van der Waals surface area contributed by atoms with Crippen molar-refractivity contribution in [3.05, 3.63) is 12.3 Å². The molecule has 0 rings (SSSR count). The number of aliphatic hydroxyl groups is 1. The molecule has 2 N–H and O–H groups in total. The number of hydrogen-bond acceptors (Lipinski definition) is 3. The van der Waals surface area contributed by atoms with Crippen LogP contribution in [0.1, 0.15) is 6.42 Å². The lowest BCUT2D eigenvalue weighted by atomic mass is 10.5. The van der Waals surface area contributed by atoms with Crippen LogP contribution in [-0.2, 0) is 4.89 Å². The van der Waals surface area contributed by atoms with Crippen molar-refractivity contribution < 1.29 is 15.3 Å². The summed E-state index contributed by atoms with van der Waals surface area (Å²) in [5.74, 6) is 0. The van der Waals surface area contributed by atoms with E-state index in [1.807, 2.05) is 0 Å². The van der Waals surface area contributed by atoms with E-state index in [-0.39, 0.29) is 6.61 Å². The third kappa shape index (κ3) is 5.46. The molecule has 3 heteroatoms. The predicted molar refractivity (Wildman–Crippen MR) is 25.0 cm³/mol. The van der Waals surface area contributed by atoms with Gasteiger partial charge < -0.3 is 5.11 Å². The monoisotopic (exact) mass is 104 g/mol. The molecule has 0 aliphatic rings. The van der Waals surface area contributed by atoms with Gasteiger partial charge in [0.2, 0.25) is 0 Å². The molecule has 7 heavy (non-hydrogen) atoms. The first-order valence-corrected chi connectivity index (χ1v) is 1.97. The second-order valence-corrected chi connectivity index (χ2v) is 1.01. The highest BCUT2D eigenvalue weighted by Crippen LogP contribution is 1.79. The summed E-state index contributed by atoms with van der Waals surface area (Å²) in [7, 11) is 0. The fraction of sp³-hybridized carbons (Fsp3) is 0.500. The maximum Gasteiger partial charge on any atom is 0.0855 e. The molecule has 0 aliphatic heterocycles. The lowest BCUT2D eigenvalue weighted by Crippen LogP contribution is -1.83. The summed E-state index contributed by atoms with van der Waals surface area (Å²) in [5, 5.41) is 15.7. The molecule has 0 bridgehead atoms. The van der Waals surface area contributed by atoms with Crippen molar-refractivity contribution in [2.75, 3.05) is 6.61 Å². The van der Waals surface area contributed by atoms with Gasteiger partial charge >= 0.3 is 0 Å². The summed E-state index contributed by atoms with van der Waals surface area (Å²) < 4.78 is 0. The van der Waals surface area contributed by atoms with Crippen LogP contribution >= 0.6 is 0 Å². The Balaban J connectivity index is 2.69. The molecular weight excluding hydrogens is 96.0 g/mol. The van der Waals surface area contributed by atoms with Crippen molar-refractivity contribution in [2.45, 2.75) is 6.42 Å². The average Bonchev–Trinajstić information content (AvgIpc) is 1.69. The van der Waals surface area contributed by atoms with Crippen molar-refractivity contribution in [3.8, 4) is 0 Å². The summed E-state index contributed by atoms with van der Waals surface area (Å²) >= 11 is 0. The van der Waals surface area contributed by atoms with Crippen LogP contribution in [0, 0.1) is 0 Å². The normalized spacial score (nSPS) is 10.4. The molecular formula is C4H8O3. The van der Waals surface area contributed by atoms with Gasteiger partial charge in [0.05, 0.1) is 12.9 Å². The van der Waals surface area contributed by atoms with Crippen LogP contribution in [0.3, 0.4) is 0 Å². The van der Waals surface area contributed by atoms with E-state index in [4.69, 9.17) is 10.4 Å². The minimum Gasteiger partial charge on any atom is -0.516 e. The minimum atomic E-state index is 0.233. The van der Waals surface area contributed by atoms with E-state index in [0.29, 0.717) is 6.42 Å². The van der Waals surface area contributed by atoms with E-state index in [2.05, 4.69) is 4.89 Å². The van der Waals surface area contributed by atoms with E-state index in [9.17, 15) is 0 Å². The van der Waals surface area contributed by atoms with Crippen LogP contribution in [0.5, 0.6) is 0 Å². The van der Waals surface area contributed by atoms with E-state index < -0.39 is 0 Å². The van der Waals surface area contributed by atoms with Crippen LogP contribution < -0.4 is 0 Å². The molecule has 0 unspecified atom stereocenters. The zero-order chi connectivity index (χ0) is 5.54.